The van der Waals surface area contributed by atoms with E-state index in [0.717, 1.165) is 11.6 Å². The van der Waals surface area contributed by atoms with Gasteiger partial charge in [0.05, 0.1) is 35.3 Å². The maximum Gasteiger partial charge on any atom is 0.270 e. The highest BCUT2D eigenvalue weighted by atomic mass is 35.5. The Labute approximate surface area is 168 Å². The van der Waals surface area contributed by atoms with Crippen molar-refractivity contribution in [2.75, 3.05) is 13.7 Å². The number of hydrogen-bond donors (Lipinski definition) is 1. The monoisotopic (exact) mass is 406 g/mol. The van der Waals surface area contributed by atoms with E-state index in [2.05, 4.69) is 19.2 Å². The van der Waals surface area contributed by atoms with Crippen molar-refractivity contribution < 1.29 is 19.2 Å². The molecule has 1 unspecified atom stereocenters. The molecule has 8 heteroatoms. The summed E-state index contributed by atoms with van der Waals surface area (Å²) in [4.78, 5) is 22.7. The first-order valence-electron chi connectivity index (χ1n) is 8.78. The molecule has 0 fully saturated rings. The van der Waals surface area contributed by atoms with Crippen LogP contribution < -0.4 is 14.8 Å². The Balaban J connectivity index is 2.14. The molecule has 0 aromatic heterocycles. The Bertz CT molecular complexity index is 870. The zero-order chi connectivity index (χ0) is 20.8. The van der Waals surface area contributed by atoms with Crippen LogP contribution in [-0.2, 0) is 0 Å². The number of benzene rings is 2. The van der Waals surface area contributed by atoms with Crippen LogP contribution in [0.15, 0.2) is 36.4 Å². The minimum absolute atomic E-state index is 0.0221. The van der Waals surface area contributed by atoms with Crippen LogP contribution in [0.25, 0.3) is 0 Å². The van der Waals surface area contributed by atoms with Gasteiger partial charge in [-0.15, -0.1) is 0 Å². The molecule has 7 nitrogen and oxygen atoms in total. The van der Waals surface area contributed by atoms with Crippen molar-refractivity contribution in [3.8, 4) is 11.5 Å². The van der Waals surface area contributed by atoms with E-state index in [0.29, 0.717) is 24.0 Å². The molecule has 0 spiro atoms. The summed E-state index contributed by atoms with van der Waals surface area (Å²) in [5.41, 5.74) is 0.819. The standard InChI is InChI=1S/C20H23ClN2O5/c1-12(2)11-28-18-8-5-14(9-19(18)27-4)13(3)22-20(24)16-7-6-15(23(25)26)10-17(16)21/h5-10,12-13H,11H2,1-4H3,(H,22,24). The summed E-state index contributed by atoms with van der Waals surface area (Å²) in [6.45, 7) is 6.50. The minimum Gasteiger partial charge on any atom is -0.493 e. The number of non-ortho nitro benzene ring substituents is 1. The van der Waals surface area contributed by atoms with Gasteiger partial charge in [-0.1, -0.05) is 31.5 Å². The third-order valence-corrected chi connectivity index (χ3v) is 4.33. The molecule has 0 saturated carbocycles. The SMILES string of the molecule is COc1cc(C(C)NC(=O)c2ccc([N+](=O)[O-])cc2Cl)ccc1OCC(C)C. The highest BCUT2D eigenvalue weighted by molar-refractivity contribution is 6.34. The van der Waals surface area contributed by atoms with Gasteiger partial charge in [0.2, 0.25) is 0 Å². The van der Waals surface area contributed by atoms with Crippen LogP contribution in [0.3, 0.4) is 0 Å². The number of nitro benzene ring substituents is 1. The van der Waals surface area contributed by atoms with Gasteiger partial charge < -0.3 is 14.8 Å². The average molecular weight is 407 g/mol. The van der Waals surface area contributed by atoms with Crippen LogP contribution in [0, 0.1) is 16.0 Å². The van der Waals surface area contributed by atoms with Crippen molar-refractivity contribution in [1.82, 2.24) is 5.32 Å². The smallest absolute Gasteiger partial charge is 0.270 e. The Morgan fingerprint density at radius 1 is 1.18 bits per heavy atom. The highest BCUT2D eigenvalue weighted by Gasteiger charge is 2.18. The summed E-state index contributed by atoms with van der Waals surface area (Å²) >= 11 is 6.02. The molecule has 28 heavy (non-hydrogen) atoms. The number of methoxy groups -OCH3 is 1. The van der Waals surface area contributed by atoms with Gasteiger partial charge in [0.1, 0.15) is 0 Å². The van der Waals surface area contributed by atoms with Gasteiger partial charge in [0, 0.05) is 12.1 Å². The summed E-state index contributed by atoms with van der Waals surface area (Å²) in [6, 6.07) is 8.86. The normalized spacial score (nSPS) is 11.8. The summed E-state index contributed by atoms with van der Waals surface area (Å²) in [5, 5.41) is 13.6. The fourth-order valence-electron chi connectivity index (χ4n) is 2.49. The van der Waals surface area contributed by atoms with Crippen LogP contribution in [-0.4, -0.2) is 24.5 Å². The van der Waals surface area contributed by atoms with Gasteiger partial charge in [-0.05, 0) is 36.6 Å². The van der Waals surface area contributed by atoms with Crippen molar-refractivity contribution in [1.29, 1.82) is 0 Å². The van der Waals surface area contributed by atoms with E-state index in [1.807, 2.05) is 13.0 Å². The second-order valence-electron chi connectivity index (χ2n) is 6.73. The second-order valence-corrected chi connectivity index (χ2v) is 7.14. The molecule has 0 radical (unpaired) electrons. The van der Waals surface area contributed by atoms with Crippen LogP contribution in [0.4, 0.5) is 5.69 Å². The van der Waals surface area contributed by atoms with Crippen molar-refractivity contribution in [3.05, 3.63) is 62.7 Å². The maximum atomic E-state index is 12.5. The van der Waals surface area contributed by atoms with Crippen molar-refractivity contribution in [2.45, 2.75) is 26.8 Å². The molecule has 2 aromatic rings. The Kier molecular flexibility index (Phi) is 7.23. The quantitative estimate of drug-likeness (QED) is 0.503. The van der Waals surface area contributed by atoms with Gasteiger partial charge in [0.25, 0.3) is 11.6 Å². The molecule has 0 heterocycles. The van der Waals surface area contributed by atoms with Crippen LogP contribution in [0.1, 0.15) is 42.7 Å². The zero-order valence-corrected chi connectivity index (χ0v) is 16.9. The van der Waals surface area contributed by atoms with Crippen LogP contribution >= 0.6 is 11.6 Å². The van der Waals surface area contributed by atoms with Gasteiger partial charge in [-0.3, -0.25) is 14.9 Å². The number of rotatable bonds is 8. The predicted molar refractivity (Wildman–Crippen MR) is 107 cm³/mol. The first-order valence-corrected chi connectivity index (χ1v) is 9.16. The third kappa shape index (κ3) is 5.36. The number of amides is 1. The number of nitro groups is 1. The van der Waals surface area contributed by atoms with Gasteiger partial charge >= 0.3 is 0 Å². The average Bonchev–Trinajstić information content (AvgIpc) is 2.65. The van der Waals surface area contributed by atoms with E-state index in [4.69, 9.17) is 21.1 Å². The van der Waals surface area contributed by atoms with Gasteiger partial charge in [0.15, 0.2) is 11.5 Å². The van der Waals surface area contributed by atoms with E-state index >= 15 is 0 Å². The number of halogens is 1. The number of hydrogen-bond acceptors (Lipinski definition) is 5. The predicted octanol–water partition coefficient (Wildman–Crippen LogP) is 4.78. The number of nitrogens with one attached hydrogen (secondary N) is 1. The van der Waals surface area contributed by atoms with Crippen LogP contribution in [0.5, 0.6) is 11.5 Å². The van der Waals surface area contributed by atoms with E-state index in [1.54, 1.807) is 19.2 Å². The lowest BCUT2D eigenvalue weighted by Crippen LogP contribution is -2.27. The molecule has 1 N–H and O–H groups in total. The summed E-state index contributed by atoms with van der Waals surface area (Å²) in [7, 11) is 1.56. The molecule has 0 bridgehead atoms. The number of carbonyl (C=O) groups excluding carboxylic acids is 1. The first-order chi connectivity index (χ1) is 13.2. The maximum absolute atomic E-state index is 12.5. The lowest BCUT2D eigenvalue weighted by Gasteiger charge is -2.18. The topological polar surface area (TPSA) is 90.7 Å². The summed E-state index contributed by atoms with van der Waals surface area (Å²) < 4.78 is 11.1. The first kappa shape index (κ1) is 21.5. The molecule has 1 atom stereocenters. The minimum atomic E-state index is -0.564. The molecule has 150 valence electrons. The summed E-state index contributed by atoms with van der Waals surface area (Å²) in [5.74, 6) is 1.17. The lowest BCUT2D eigenvalue weighted by atomic mass is 10.1. The molecular formula is C20H23ClN2O5. The number of ether oxygens (including phenoxy) is 2. The fraction of sp³-hybridized carbons (Fsp3) is 0.350. The molecule has 0 aliphatic rings. The molecule has 2 rings (SSSR count). The molecule has 0 aliphatic carbocycles. The molecule has 0 aliphatic heterocycles. The molecule has 1 amide bonds. The van der Waals surface area contributed by atoms with E-state index < -0.39 is 10.8 Å². The number of carbonyl (C=O) groups is 1. The van der Waals surface area contributed by atoms with E-state index in [9.17, 15) is 14.9 Å². The molecule has 2 aromatic carbocycles. The molecule has 0 saturated heterocycles. The van der Waals surface area contributed by atoms with E-state index in [1.165, 1.54) is 12.1 Å². The van der Waals surface area contributed by atoms with Gasteiger partial charge in [-0.2, -0.15) is 0 Å². The Morgan fingerprint density at radius 2 is 1.89 bits per heavy atom. The lowest BCUT2D eigenvalue weighted by molar-refractivity contribution is -0.384. The second kappa shape index (κ2) is 9.41. The third-order valence-electron chi connectivity index (χ3n) is 4.02. The Morgan fingerprint density at radius 3 is 2.46 bits per heavy atom. The van der Waals surface area contributed by atoms with E-state index in [-0.39, 0.29) is 22.3 Å². The van der Waals surface area contributed by atoms with Crippen molar-refractivity contribution in [3.63, 3.8) is 0 Å². The fourth-order valence-corrected chi connectivity index (χ4v) is 2.75. The van der Waals surface area contributed by atoms with Crippen molar-refractivity contribution >= 4 is 23.2 Å². The summed E-state index contributed by atoms with van der Waals surface area (Å²) in [6.07, 6.45) is 0. The van der Waals surface area contributed by atoms with Gasteiger partial charge in [-0.25, -0.2) is 0 Å². The largest absolute Gasteiger partial charge is 0.493 e. The molecular weight excluding hydrogens is 384 g/mol. The van der Waals surface area contributed by atoms with Crippen molar-refractivity contribution in [2.24, 2.45) is 5.92 Å². The van der Waals surface area contributed by atoms with Crippen LogP contribution in [0.2, 0.25) is 5.02 Å². The number of nitrogens with zero attached hydrogens (tertiary/aromatic N) is 1. The highest BCUT2D eigenvalue weighted by Crippen LogP contribution is 2.31. The zero-order valence-electron chi connectivity index (χ0n) is 16.2. The Hall–Kier alpha value is -2.80.